The fourth-order valence-corrected chi connectivity index (χ4v) is 4.45. The summed E-state index contributed by atoms with van der Waals surface area (Å²) < 4.78 is 37.1. The predicted octanol–water partition coefficient (Wildman–Crippen LogP) is 1.25. The monoisotopic (exact) mass is 370 g/mol. The quantitative estimate of drug-likeness (QED) is 0.781. The molecular formula is C17H26N2O5S. The van der Waals surface area contributed by atoms with E-state index in [-0.39, 0.29) is 29.3 Å². The van der Waals surface area contributed by atoms with Crippen molar-refractivity contribution >= 4 is 15.9 Å². The summed E-state index contributed by atoms with van der Waals surface area (Å²) in [7, 11) is -0.514. The van der Waals surface area contributed by atoms with Crippen LogP contribution >= 0.6 is 0 Å². The molecule has 2 atom stereocenters. The minimum Gasteiger partial charge on any atom is -0.497 e. The molecule has 0 saturated carbocycles. The standard InChI is InChI=1S/C17H26N2O5S/c1-13(12-23-2)18-17(20)14-5-4-10-19(11-14)25(21,22)16-8-6-15(24-3)7-9-16/h6-9,13-14H,4-5,10-12H2,1-3H3,(H,18,20). The van der Waals surface area contributed by atoms with Crippen LogP contribution in [0.1, 0.15) is 19.8 Å². The Morgan fingerprint density at radius 2 is 2.00 bits per heavy atom. The summed E-state index contributed by atoms with van der Waals surface area (Å²) >= 11 is 0. The number of ether oxygens (including phenoxy) is 2. The zero-order chi connectivity index (χ0) is 18.4. The highest BCUT2D eigenvalue weighted by molar-refractivity contribution is 7.89. The van der Waals surface area contributed by atoms with Crippen LogP contribution in [-0.4, -0.2) is 58.6 Å². The Balaban J connectivity index is 2.07. The average molecular weight is 370 g/mol. The average Bonchev–Trinajstić information content (AvgIpc) is 2.62. The van der Waals surface area contributed by atoms with Gasteiger partial charge >= 0.3 is 0 Å². The van der Waals surface area contributed by atoms with Gasteiger partial charge in [0, 0.05) is 26.2 Å². The summed E-state index contributed by atoms with van der Waals surface area (Å²) in [6, 6.07) is 6.18. The van der Waals surface area contributed by atoms with E-state index in [1.54, 1.807) is 19.2 Å². The SMILES string of the molecule is COCC(C)NC(=O)C1CCCN(S(=O)(=O)c2ccc(OC)cc2)C1. The molecule has 2 rings (SSSR count). The lowest BCUT2D eigenvalue weighted by molar-refractivity contribution is -0.127. The minimum atomic E-state index is -3.62. The van der Waals surface area contributed by atoms with Crippen molar-refractivity contribution in [2.75, 3.05) is 33.9 Å². The van der Waals surface area contributed by atoms with E-state index >= 15 is 0 Å². The zero-order valence-electron chi connectivity index (χ0n) is 14.9. The second-order valence-corrected chi connectivity index (χ2v) is 8.18. The van der Waals surface area contributed by atoms with E-state index in [0.717, 1.165) is 0 Å². The Labute approximate surface area is 149 Å². The highest BCUT2D eigenvalue weighted by atomic mass is 32.2. The van der Waals surface area contributed by atoms with Crippen molar-refractivity contribution in [3.05, 3.63) is 24.3 Å². The third-order valence-corrected chi connectivity index (χ3v) is 6.14. The van der Waals surface area contributed by atoms with E-state index in [1.807, 2.05) is 6.92 Å². The molecule has 1 amide bonds. The third-order valence-electron chi connectivity index (χ3n) is 4.26. The van der Waals surface area contributed by atoms with Crippen LogP contribution in [0, 0.1) is 5.92 Å². The summed E-state index contributed by atoms with van der Waals surface area (Å²) in [6.45, 7) is 2.90. The number of nitrogens with one attached hydrogen (secondary N) is 1. The van der Waals surface area contributed by atoms with Crippen LogP contribution in [0.25, 0.3) is 0 Å². The maximum absolute atomic E-state index is 12.8. The highest BCUT2D eigenvalue weighted by Gasteiger charge is 2.33. The number of sulfonamides is 1. The van der Waals surface area contributed by atoms with Crippen LogP contribution in [0.2, 0.25) is 0 Å². The summed E-state index contributed by atoms with van der Waals surface area (Å²) in [4.78, 5) is 12.6. The van der Waals surface area contributed by atoms with Crippen LogP contribution in [0.15, 0.2) is 29.2 Å². The van der Waals surface area contributed by atoms with Crippen molar-refractivity contribution in [3.8, 4) is 5.75 Å². The van der Waals surface area contributed by atoms with Crippen molar-refractivity contribution in [3.63, 3.8) is 0 Å². The molecule has 2 unspecified atom stereocenters. The number of carbonyl (C=O) groups excluding carboxylic acids is 1. The number of rotatable bonds is 7. The van der Waals surface area contributed by atoms with Crippen LogP contribution in [0.3, 0.4) is 0 Å². The topological polar surface area (TPSA) is 84.9 Å². The van der Waals surface area contributed by atoms with Gasteiger partial charge in [0.15, 0.2) is 0 Å². The molecule has 25 heavy (non-hydrogen) atoms. The molecular weight excluding hydrogens is 344 g/mol. The first kappa shape index (κ1) is 19.7. The smallest absolute Gasteiger partial charge is 0.243 e. The minimum absolute atomic E-state index is 0.105. The Morgan fingerprint density at radius 3 is 2.60 bits per heavy atom. The second kappa shape index (κ2) is 8.64. The zero-order valence-corrected chi connectivity index (χ0v) is 15.7. The first-order valence-electron chi connectivity index (χ1n) is 8.32. The van der Waals surface area contributed by atoms with E-state index in [0.29, 0.717) is 31.7 Å². The van der Waals surface area contributed by atoms with Crippen LogP contribution in [-0.2, 0) is 19.6 Å². The van der Waals surface area contributed by atoms with Crippen LogP contribution < -0.4 is 10.1 Å². The fraction of sp³-hybridized carbons (Fsp3) is 0.588. The van der Waals surface area contributed by atoms with Crippen molar-refractivity contribution in [1.82, 2.24) is 9.62 Å². The van der Waals surface area contributed by atoms with Gasteiger partial charge in [-0.25, -0.2) is 8.42 Å². The largest absolute Gasteiger partial charge is 0.497 e. The first-order chi connectivity index (χ1) is 11.9. The Morgan fingerprint density at radius 1 is 1.32 bits per heavy atom. The van der Waals surface area contributed by atoms with Crippen molar-refractivity contribution in [2.45, 2.75) is 30.7 Å². The molecule has 0 bridgehead atoms. The molecule has 1 aliphatic rings. The molecule has 1 aliphatic heterocycles. The molecule has 1 aromatic carbocycles. The van der Waals surface area contributed by atoms with Gasteiger partial charge < -0.3 is 14.8 Å². The molecule has 7 nitrogen and oxygen atoms in total. The second-order valence-electron chi connectivity index (χ2n) is 6.24. The molecule has 1 heterocycles. The third kappa shape index (κ3) is 4.93. The molecule has 0 radical (unpaired) electrons. The summed E-state index contributed by atoms with van der Waals surface area (Å²) in [5, 5.41) is 2.88. The first-order valence-corrected chi connectivity index (χ1v) is 9.76. The molecule has 1 N–H and O–H groups in total. The van der Waals surface area contributed by atoms with Crippen molar-refractivity contribution < 1.29 is 22.7 Å². The van der Waals surface area contributed by atoms with E-state index in [4.69, 9.17) is 9.47 Å². The van der Waals surface area contributed by atoms with Crippen LogP contribution in [0.5, 0.6) is 5.75 Å². The van der Waals surface area contributed by atoms with Crippen LogP contribution in [0.4, 0.5) is 0 Å². The van der Waals surface area contributed by atoms with E-state index < -0.39 is 10.0 Å². The van der Waals surface area contributed by atoms with Crippen molar-refractivity contribution in [2.24, 2.45) is 5.92 Å². The molecule has 1 aromatic rings. The number of methoxy groups -OCH3 is 2. The highest BCUT2D eigenvalue weighted by Crippen LogP contribution is 2.25. The number of piperidine rings is 1. The molecule has 1 fully saturated rings. The normalized spacial score (nSPS) is 20.0. The number of hydrogen-bond acceptors (Lipinski definition) is 5. The Kier molecular flexibility index (Phi) is 6.80. The number of amides is 1. The van der Waals surface area contributed by atoms with Crippen molar-refractivity contribution in [1.29, 1.82) is 0 Å². The van der Waals surface area contributed by atoms with Gasteiger partial charge in [0.2, 0.25) is 15.9 Å². The van der Waals surface area contributed by atoms with Gasteiger partial charge in [-0.1, -0.05) is 0 Å². The number of carbonyl (C=O) groups is 1. The Bertz CT molecular complexity index is 675. The van der Waals surface area contributed by atoms with E-state index in [2.05, 4.69) is 5.32 Å². The van der Waals surface area contributed by atoms with Gasteiger partial charge in [0.05, 0.1) is 24.5 Å². The maximum atomic E-state index is 12.8. The lowest BCUT2D eigenvalue weighted by atomic mass is 9.98. The van der Waals surface area contributed by atoms with Gasteiger partial charge in [0.25, 0.3) is 0 Å². The van der Waals surface area contributed by atoms with E-state index in [1.165, 1.54) is 23.5 Å². The van der Waals surface area contributed by atoms with Gasteiger partial charge in [-0.05, 0) is 44.0 Å². The lowest BCUT2D eigenvalue weighted by Gasteiger charge is -2.31. The predicted molar refractivity (Wildman–Crippen MR) is 94.0 cm³/mol. The molecule has 0 aromatic heterocycles. The molecule has 8 heteroatoms. The maximum Gasteiger partial charge on any atom is 0.243 e. The summed E-state index contributed by atoms with van der Waals surface area (Å²) in [5.41, 5.74) is 0. The summed E-state index contributed by atoms with van der Waals surface area (Å²) in [6.07, 6.45) is 1.34. The molecule has 0 spiro atoms. The lowest BCUT2D eigenvalue weighted by Crippen LogP contribution is -2.47. The number of benzene rings is 1. The number of hydrogen-bond donors (Lipinski definition) is 1. The Hall–Kier alpha value is -1.64. The fourth-order valence-electron chi connectivity index (χ4n) is 2.92. The molecule has 1 saturated heterocycles. The number of nitrogens with zero attached hydrogens (tertiary/aromatic N) is 1. The van der Waals surface area contributed by atoms with Gasteiger partial charge in [-0.2, -0.15) is 4.31 Å². The van der Waals surface area contributed by atoms with Gasteiger partial charge in [-0.15, -0.1) is 0 Å². The van der Waals surface area contributed by atoms with Gasteiger partial charge in [-0.3, -0.25) is 4.79 Å². The summed E-state index contributed by atoms with van der Waals surface area (Å²) in [5.74, 6) is 0.127. The molecule has 0 aliphatic carbocycles. The van der Waals surface area contributed by atoms with Gasteiger partial charge in [0.1, 0.15) is 5.75 Å². The van der Waals surface area contributed by atoms with E-state index in [9.17, 15) is 13.2 Å². The molecule has 140 valence electrons.